The van der Waals surface area contributed by atoms with Gasteiger partial charge in [0.15, 0.2) is 0 Å². The van der Waals surface area contributed by atoms with Crippen molar-refractivity contribution in [2.45, 2.75) is 13.0 Å². The molecule has 2 aliphatic heterocycles. The summed E-state index contributed by atoms with van der Waals surface area (Å²) in [6.07, 6.45) is 0. The number of amides is 2. The first-order chi connectivity index (χ1) is 11.0. The van der Waals surface area contributed by atoms with Crippen molar-refractivity contribution in [1.82, 2.24) is 15.5 Å². The van der Waals surface area contributed by atoms with Crippen LogP contribution in [0.5, 0.6) is 0 Å². The van der Waals surface area contributed by atoms with E-state index in [1.165, 1.54) is 0 Å². The van der Waals surface area contributed by atoms with Crippen molar-refractivity contribution in [1.29, 1.82) is 0 Å². The minimum atomic E-state index is -0.593. The monoisotopic (exact) mass is 355 g/mol. The van der Waals surface area contributed by atoms with Crippen LogP contribution < -0.4 is 10.6 Å². The second-order valence-electron chi connectivity index (χ2n) is 6.22. The fourth-order valence-electron chi connectivity index (χ4n) is 3.32. The summed E-state index contributed by atoms with van der Waals surface area (Å²) in [6.45, 7) is 5.15. The molecule has 1 aromatic carbocycles. The number of rotatable bonds is 3. The molecule has 2 fully saturated rings. The Morgan fingerprint density at radius 1 is 1.26 bits per heavy atom. The molecule has 0 aliphatic carbocycles. The molecule has 3 rings (SSSR count). The van der Waals surface area contributed by atoms with E-state index in [-0.39, 0.29) is 22.4 Å². The standard InChI is InChI=1S/C16H19Cl2N3O2/c1-9(16(23)21-7-10-5-19-6-11(10)8-21)20-15(22)12-3-2-4-13(17)14(12)18/h2-4,9-11,19H,5-8H2,1H3,(H,20,22)/t9?,10-,11+. The smallest absolute Gasteiger partial charge is 0.253 e. The third-order valence-electron chi connectivity index (χ3n) is 4.62. The van der Waals surface area contributed by atoms with Crippen LogP contribution in [0.4, 0.5) is 0 Å². The van der Waals surface area contributed by atoms with Crippen LogP contribution in [-0.2, 0) is 4.79 Å². The molecule has 7 heteroatoms. The highest BCUT2D eigenvalue weighted by Crippen LogP contribution is 2.27. The Balaban J connectivity index is 1.62. The molecule has 1 aromatic rings. The second-order valence-corrected chi connectivity index (χ2v) is 7.00. The molecule has 124 valence electrons. The predicted molar refractivity (Wildman–Crippen MR) is 89.8 cm³/mol. The predicted octanol–water partition coefficient (Wildman–Crippen LogP) is 1.79. The Hall–Kier alpha value is -1.30. The molecule has 0 radical (unpaired) electrons. The number of hydrogen-bond acceptors (Lipinski definition) is 3. The first-order valence-corrected chi connectivity index (χ1v) is 8.47. The SMILES string of the molecule is CC(NC(=O)c1cccc(Cl)c1Cl)C(=O)N1C[C@H]2CNC[C@H]2C1. The maximum absolute atomic E-state index is 12.5. The van der Waals surface area contributed by atoms with Crippen LogP contribution in [0.2, 0.25) is 10.0 Å². The minimum Gasteiger partial charge on any atom is -0.340 e. The molecule has 2 N–H and O–H groups in total. The lowest BCUT2D eigenvalue weighted by Crippen LogP contribution is -2.46. The van der Waals surface area contributed by atoms with E-state index in [1.807, 2.05) is 4.90 Å². The molecule has 0 spiro atoms. The highest BCUT2D eigenvalue weighted by atomic mass is 35.5. The second kappa shape index (κ2) is 6.67. The fourth-order valence-corrected chi connectivity index (χ4v) is 3.71. The summed E-state index contributed by atoms with van der Waals surface area (Å²) in [7, 11) is 0. The average Bonchev–Trinajstić information content (AvgIpc) is 3.10. The number of halogens is 2. The van der Waals surface area contributed by atoms with Crippen molar-refractivity contribution in [2.24, 2.45) is 11.8 Å². The van der Waals surface area contributed by atoms with Crippen LogP contribution in [0.1, 0.15) is 17.3 Å². The van der Waals surface area contributed by atoms with Crippen LogP contribution in [0.3, 0.4) is 0 Å². The number of carbonyl (C=O) groups is 2. The van der Waals surface area contributed by atoms with Gasteiger partial charge in [0.2, 0.25) is 5.91 Å². The number of hydrogen-bond donors (Lipinski definition) is 2. The van der Waals surface area contributed by atoms with Gasteiger partial charge < -0.3 is 15.5 Å². The molecule has 3 atom stereocenters. The third-order valence-corrected chi connectivity index (χ3v) is 5.43. The number of carbonyl (C=O) groups excluding carboxylic acids is 2. The zero-order valence-corrected chi connectivity index (χ0v) is 14.3. The lowest BCUT2D eigenvalue weighted by molar-refractivity contribution is -0.132. The summed E-state index contributed by atoms with van der Waals surface area (Å²) < 4.78 is 0. The van der Waals surface area contributed by atoms with Gasteiger partial charge in [-0.1, -0.05) is 29.3 Å². The van der Waals surface area contributed by atoms with Gasteiger partial charge in [0.05, 0.1) is 15.6 Å². The molecule has 1 unspecified atom stereocenters. The van der Waals surface area contributed by atoms with Crippen molar-refractivity contribution < 1.29 is 9.59 Å². The quantitative estimate of drug-likeness (QED) is 0.868. The van der Waals surface area contributed by atoms with Crippen molar-refractivity contribution in [3.63, 3.8) is 0 Å². The van der Waals surface area contributed by atoms with Crippen LogP contribution >= 0.6 is 23.2 Å². The van der Waals surface area contributed by atoms with Gasteiger partial charge in [-0.05, 0) is 30.9 Å². The van der Waals surface area contributed by atoms with E-state index in [4.69, 9.17) is 23.2 Å². The molecule has 0 aromatic heterocycles. The van der Waals surface area contributed by atoms with Crippen LogP contribution in [0.15, 0.2) is 18.2 Å². The highest BCUT2D eigenvalue weighted by molar-refractivity contribution is 6.43. The van der Waals surface area contributed by atoms with E-state index in [9.17, 15) is 9.59 Å². The third kappa shape index (κ3) is 3.32. The van der Waals surface area contributed by atoms with E-state index in [0.29, 0.717) is 16.9 Å². The van der Waals surface area contributed by atoms with Crippen molar-refractivity contribution >= 4 is 35.0 Å². The molecule has 0 saturated carbocycles. The normalized spacial score (nSPS) is 24.4. The van der Waals surface area contributed by atoms with E-state index in [2.05, 4.69) is 10.6 Å². The largest absolute Gasteiger partial charge is 0.340 e. The number of likely N-dealkylation sites (tertiary alicyclic amines) is 1. The Morgan fingerprint density at radius 3 is 2.57 bits per heavy atom. The van der Waals surface area contributed by atoms with E-state index in [1.54, 1.807) is 25.1 Å². The summed E-state index contributed by atoms with van der Waals surface area (Å²) in [4.78, 5) is 26.7. The Kier molecular flexibility index (Phi) is 4.80. The molecule has 2 aliphatic rings. The fraction of sp³-hybridized carbons (Fsp3) is 0.500. The Bertz CT molecular complexity index is 626. The topological polar surface area (TPSA) is 61.4 Å². The molecule has 2 saturated heterocycles. The van der Waals surface area contributed by atoms with E-state index >= 15 is 0 Å². The zero-order chi connectivity index (χ0) is 16.6. The molecular formula is C16H19Cl2N3O2. The maximum Gasteiger partial charge on any atom is 0.253 e. The van der Waals surface area contributed by atoms with E-state index in [0.717, 1.165) is 26.2 Å². The number of nitrogens with one attached hydrogen (secondary N) is 2. The van der Waals surface area contributed by atoms with Gasteiger partial charge in [-0.25, -0.2) is 0 Å². The maximum atomic E-state index is 12.5. The van der Waals surface area contributed by atoms with Gasteiger partial charge >= 0.3 is 0 Å². The van der Waals surface area contributed by atoms with Crippen molar-refractivity contribution in [3.8, 4) is 0 Å². The number of fused-ring (bicyclic) bond motifs is 1. The van der Waals surface area contributed by atoms with Gasteiger partial charge in [0.1, 0.15) is 6.04 Å². The Morgan fingerprint density at radius 2 is 1.91 bits per heavy atom. The van der Waals surface area contributed by atoms with Crippen LogP contribution in [0.25, 0.3) is 0 Å². The zero-order valence-electron chi connectivity index (χ0n) is 12.8. The number of benzene rings is 1. The summed E-state index contributed by atoms with van der Waals surface area (Å²) >= 11 is 12.0. The summed E-state index contributed by atoms with van der Waals surface area (Å²) in [5.41, 5.74) is 0.279. The van der Waals surface area contributed by atoms with Gasteiger partial charge in [-0.2, -0.15) is 0 Å². The lowest BCUT2D eigenvalue weighted by atomic mass is 10.0. The van der Waals surface area contributed by atoms with Crippen molar-refractivity contribution in [3.05, 3.63) is 33.8 Å². The van der Waals surface area contributed by atoms with Gasteiger partial charge in [0, 0.05) is 26.2 Å². The molecule has 23 heavy (non-hydrogen) atoms. The average molecular weight is 356 g/mol. The molecule has 5 nitrogen and oxygen atoms in total. The molecule has 2 heterocycles. The van der Waals surface area contributed by atoms with E-state index < -0.39 is 6.04 Å². The minimum absolute atomic E-state index is 0.0501. The van der Waals surface area contributed by atoms with Gasteiger partial charge in [-0.3, -0.25) is 9.59 Å². The lowest BCUT2D eigenvalue weighted by Gasteiger charge is -2.22. The van der Waals surface area contributed by atoms with Crippen LogP contribution in [-0.4, -0.2) is 48.9 Å². The van der Waals surface area contributed by atoms with Crippen LogP contribution in [0, 0.1) is 11.8 Å². The number of nitrogens with zero attached hydrogens (tertiary/aromatic N) is 1. The molecule has 0 bridgehead atoms. The van der Waals surface area contributed by atoms with Crippen molar-refractivity contribution in [2.75, 3.05) is 26.2 Å². The highest BCUT2D eigenvalue weighted by Gasteiger charge is 2.39. The summed E-state index contributed by atoms with van der Waals surface area (Å²) in [5, 5.41) is 6.58. The first-order valence-electron chi connectivity index (χ1n) is 7.71. The molecule has 2 amide bonds. The first kappa shape index (κ1) is 16.6. The molecular weight excluding hydrogens is 337 g/mol. The summed E-state index contributed by atoms with van der Waals surface area (Å²) in [6, 6.07) is 4.27. The van der Waals surface area contributed by atoms with Gasteiger partial charge in [0.25, 0.3) is 5.91 Å². The summed E-state index contributed by atoms with van der Waals surface area (Å²) in [5.74, 6) is 0.624. The Labute approximate surface area is 145 Å². The van der Waals surface area contributed by atoms with Gasteiger partial charge in [-0.15, -0.1) is 0 Å².